The molecule has 0 bridgehead atoms. The van der Waals surface area contributed by atoms with Crippen LogP contribution >= 0.6 is 11.3 Å². The van der Waals surface area contributed by atoms with Gasteiger partial charge < -0.3 is 10.1 Å². The normalized spacial score (nSPS) is 11.0. The van der Waals surface area contributed by atoms with Crippen LogP contribution < -0.4 is 5.32 Å². The van der Waals surface area contributed by atoms with Gasteiger partial charge in [0.05, 0.1) is 12.3 Å². The summed E-state index contributed by atoms with van der Waals surface area (Å²) in [7, 11) is 0. The molecule has 142 valence electrons. The first-order chi connectivity index (χ1) is 12.9. The lowest BCUT2D eigenvalue weighted by molar-refractivity contribution is -0.116. The number of rotatable bonds is 6. The van der Waals surface area contributed by atoms with Crippen molar-refractivity contribution in [3.8, 4) is 0 Å². The molecule has 3 rings (SSSR count). The molecular weight excluding hydrogens is 368 g/mol. The van der Waals surface area contributed by atoms with Gasteiger partial charge in [-0.2, -0.15) is 10.1 Å². The van der Waals surface area contributed by atoms with Gasteiger partial charge in [0.1, 0.15) is 11.2 Å². The summed E-state index contributed by atoms with van der Waals surface area (Å²) in [6, 6.07) is 0. The van der Waals surface area contributed by atoms with Crippen LogP contribution in [0.4, 0.5) is 5.13 Å². The molecule has 0 saturated heterocycles. The highest BCUT2D eigenvalue weighted by Crippen LogP contribution is 2.24. The van der Waals surface area contributed by atoms with Gasteiger partial charge in [-0.1, -0.05) is 11.3 Å². The predicted molar refractivity (Wildman–Crippen MR) is 100 cm³/mol. The van der Waals surface area contributed by atoms with Crippen LogP contribution in [0, 0.1) is 20.8 Å². The van der Waals surface area contributed by atoms with Gasteiger partial charge in [0.2, 0.25) is 5.91 Å². The van der Waals surface area contributed by atoms with Crippen molar-refractivity contribution in [3.05, 3.63) is 33.8 Å². The van der Waals surface area contributed by atoms with E-state index in [1.165, 1.54) is 6.33 Å². The van der Waals surface area contributed by atoms with Crippen molar-refractivity contribution in [2.24, 2.45) is 0 Å². The van der Waals surface area contributed by atoms with Crippen molar-refractivity contribution >= 4 is 34.1 Å². The van der Waals surface area contributed by atoms with E-state index in [1.54, 1.807) is 18.4 Å². The lowest BCUT2D eigenvalue weighted by Crippen LogP contribution is -2.14. The van der Waals surface area contributed by atoms with Crippen LogP contribution in [0.1, 0.15) is 45.7 Å². The van der Waals surface area contributed by atoms with Crippen molar-refractivity contribution < 1.29 is 14.3 Å². The maximum Gasteiger partial charge on any atom is 0.350 e. The van der Waals surface area contributed by atoms with Gasteiger partial charge in [-0.25, -0.2) is 19.3 Å². The molecule has 0 spiro atoms. The van der Waals surface area contributed by atoms with Crippen molar-refractivity contribution in [1.29, 1.82) is 0 Å². The highest BCUT2D eigenvalue weighted by atomic mass is 32.1. The summed E-state index contributed by atoms with van der Waals surface area (Å²) in [6.45, 7) is 7.57. The fraction of sp³-hybridized carbons (Fsp3) is 0.412. The highest BCUT2D eigenvalue weighted by molar-refractivity contribution is 7.17. The van der Waals surface area contributed by atoms with Gasteiger partial charge in [0.15, 0.2) is 5.13 Å². The van der Waals surface area contributed by atoms with E-state index in [-0.39, 0.29) is 12.3 Å². The molecule has 3 heterocycles. The summed E-state index contributed by atoms with van der Waals surface area (Å²) in [4.78, 5) is 37.3. The number of esters is 1. The third-order valence-corrected chi connectivity index (χ3v) is 5.15. The molecule has 0 aliphatic carbocycles. The van der Waals surface area contributed by atoms with Gasteiger partial charge >= 0.3 is 5.97 Å². The van der Waals surface area contributed by atoms with Gasteiger partial charge in [-0.05, 0) is 39.7 Å². The van der Waals surface area contributed by atoms with Crippen LogP contribution in [0.5, 0.6) is 0 Å². The molecule has 0 atom stereocenters. The molecular formula is C17H20N6O3S. The minimum absolute atomic E-state index is 0.184. The molecule has 1 amide bonds. The zero-order chi connectivity index (χ0) is 19.6. The van der Waals surface area contributed by atoms with E-state index in [1.807, 2.05) is 13.8 Å². The van der Waals surface area contributed by atoms with Gasteiger partial charge in [-0.15, -0.1) is 0 Å². The van der Waals surface area contributed by atoms with Crippen molar-refractivity contribution in [3.63, 3.8) is 0 Å². The number of carbonyl (C=O) groups is 2. The first-order valence-electron chi connectivity index (χ1n) is 8.51. The molecule has 0 fully saturated rings. The molecule has 0 aliphatic heterocycles. The zero-order valence-electron chi connectivity index (χ0n) is 15.6. The van der Waals surface area contributed by atoms with E-state index in [9.17, 15) is 9.59 Å². The summed E-state index contributed by atoms with van der Waals surface area (Å²) in [5.74, 6) is -0.0638. The Morgan fingerprint density at radius 2 is 2.00 bits per heavy atom. The molecule has 0 saturated carbocycles. The predicted octanol–water partition coefficient (Wildman–Crippen LogP) is 2.25. The van der Waals surface area contributed by atoms with Crippen LogP contribution in [0.25, 0.3) is 5.78 Å². The van der Waals surface area contributed by atoms with Crippen LogP contribution in [0.2, 0.25) is 0 Å². The Bertz CT molecular complexity index is 1010. The van der Waals surface area contributed by atoms with E-state index in [0.29, 0.717) is 34.5 Å². The second-order valence-corrected chi connectivity index (χ2v) is 6.93. The number of fused-ring (bicyclic) bond motifs is 1. The molecule has 27 heavy (non-hydrogen) atoms. The van der Waals surface area contributed by atoms with E-state index in [2.05, 4.69) is 25.4 Å². The number of aromatic nitrogens is 5. The maximum atomic E-state index is 12.3. The average Bonchev–Trinajstić information content (AvgIpc) is 3.21. The number of amides is 1. The maximum absolute atomic E-state index is 12.3. The smallest absolute Gasteiger partial charge is 0.350 e. The standard InChI is InChI=1S/C17H20N6O3S/c1-5-26-15(25)14-10(3)21-17(27-14)22-13(24)7-6-12-9(2)20-16-18-8-19-23(16)11(12)4/h8H,5-7H2,1-4H3,(H,21,22,24). The number of hydrogen-bond donors (Lipinski definition) is 1. The summed E-state index contributed by atoms with van der Waals surface area (Å²) in [5.41, 5.74) is 3.25. The average molecular weight is 388 g/mol. The van der Waals surface area contributed by atoms with Crippen molar-refractivity contribution in [2.45, 2.75) is 40.5 Å². The Morgan fingerprint density at radius 1 is 1.22 bits per heavy atom. The van der Waals surface area contributed by atoms with Gasteiger partial charge in [0, 0.05) is 17.8 Å². The second-order valence-electron chi connectivity index (χ2n) is 5.94. The zero-order valence-corrected chi connectivity index (χ0v) is 16.4. The number of ether oxygens (including phenoxy) is 1. The van der Waals surface area contributed by atoms with Crippen LogP contribution in [0.3, 0.4) is 0 Å². The highest BCUT2D eigenvalue weighted by Gasteiger charge is 2.18. The number of carbonyl (C=O) groups excluding carboxylic acids is 2. The Balaban J connectivity index is 1.67. The number of thiazole rings is 1. The summed E-state index contributed by atoms with van der Waals surface area (Å²) < 4.78 is 6.65. The molecule has 3 aromatic rings. The molecule has 10 heteroatoms. The van der Waals surface area contributed by atoms with Crippen LogP contribution in [0.15, 0.2) is 6.33 Å². The van der Waals surface area contributed by atoms with Crippen LogP contribution in [-0.4, -0.2) is 43.0 Å². The second kappa shape index (κ2) is 7.78. The lowest BCUT2D eigenvalue weighted by atomic mass is 10.1. The molecule has 0 aliphatic rings. The van der Waals surface area contributed by atoms with E-state index >= 15 is 0 Å². The Labute approximate surface area is 159 Å². The third-order valence-electron chi connectivity index (χ3n) is 4.09. The fourth-order valence-electron chi connectivity index (χ4n) is 2.77. The number of anilines is 1. The molecule has 0 aromatic carbocycles. The van der Waals surface area contributed by atoms with E-state index < -0.39 is 5.97 Å². The monoisotopic (exact) mass is 388 g/mol. The number of nitrogens with one attached hydrogen (secondary N) is 1. The van der Waals surface area contributed by atoms with Crippen LogP contribution in [-0.2, 0) is 16.0 Å². The molecule has 1 N–H and O–H groups in total. The topological polar surface area (TPSA) is 111 Å². The van der Waals surface area contributed by atoms with Crippen molar-refractivity contribution in [1.82, 2.24) is 24.6 Å². The quantitative estimate of drug-likeness (QED) is 0.645. The van der Waals surface area contributed by atoms with E-state index in [4.69, 9.17) is 4.74 Å². The minimum atomic E-state index is -0.425. The molecule has 3 aromatic heterocycles. The third kappa shape index (κ3) is 3.95. The molecule has 0 unspecified atom stereocenters. The summed E-state index contributed by atoms with van der Waals surface area (Å²) >= 11 is 1.11. The largest absolute Gasteiger partial charge is 0.462 e. The summed E-state index contributed by atoms with van der Waals surface area (Å²) in [5, 5.41) is 7.28. The Kier molecular flexibility index (Phi) is 5.45. The minimum Gasteiger partial charge on any atom is -0.462 e. The first-order valence-corrected chi connectivity index (χ1v) is 9.32. The Hall–Kier alpha value is -2.88. The first kappa shape index (κ1) is 18.9. The number of aryl methyl sites for hydroxylation is 3. The van der Waals surface area contributed by atoms with E-state index in [0.717, 1.165) is 28.3 Å². The summed E-state index contributed by atoms with van der Waals surface area (Å²) in [6.07, 6.45) is 2.23. The van der Waals surface area contributed by atoms with Gasteiger partial charge in [0.25, 0.3) is 5.78 Å². The molecule has 9 nitrogen and oxygen atoms in total. The fourth-order valence-corrected chi connectivity index (χ4v) is 3.65. The Morgan fingerprint density at radius 3 is 2.74 bits per heavy atom. The lowest BCUT2D eigenvalue weighted by Gasteiger charge is -2.10. The van der Waals surface area contributed by atoms with Gasteiger partial charge in [-0.3, -0.25) is 4.79 Å². The SMILES string of the molecule is CCOC(=O)c1sc(NC(=O)CCc2c(C)nc3ncnn3c2C)nc1C. The number of nitrogens with zero attached hydrogens (tertiary/aromatic N) is 5. The van der Waals surface area contributed by atoms with Crippen molar-refractivity contribution in [2.75, 3.05) is 11.9 Å². The number of hydrogen-bond acceptors (Lipinski definition) is 8. The molecule has 0 radical (unpaired) electrons.